The van der Waals surface area contributed by atoms with Gasteiger partial charge in [-0.2, -0.15) is 0 Å². The van der Waals surface area contributed by atoms with Gasteiger partial charge in [-0.15, -0.1) is 0 Å². The third kappa shape index (κ3) is 3.82. The van der Waals surface area contributed by atoms with Gasteiger partial charge in [0.25, 0.3) is 0 Å². The van der Waals surface area contributed by atoms with Crippen LogP contribution in [-0.4, -0.2) is 31.4 Å². The highest BCUT2D eigenvalue weighted by Gasteiger charge is 2.16. The standard InChI is InChI=1S/C13H19FN2O/c1-10(11-4-6-12(14)7-5-11)16(3)13(17)8-9-15-2/h4-7,10,15H,8-9H2,1-3H3. The van der Waals surface area contributed by atoms with Crippen LogP contribution in [0.4, 0.5) is 4.39 Å². The van der Waals surface area contributed by atoms with Crippen molar-refractivity contribution in [1.82, 2.24) is 10.2 Å². The van der Waals surface area contributed by atoms with Crippen LogP contribution in [0.1, 0.15) is 24.9 Å². The number of nitrogens with zero attached hydrogens (tertiary/aromatic N) is 1. The Morgan fingerprint density at radius 1 is 1.41 bits per heavy atom. The summed E-state index contributed by atoms with van der Waals surface area (Å²) in [5.41, 5.74) is 0.937. The van der Waals surface area contributed by atoms with Crippen molar-refractivity contribution in [3.05, 3.63) is 35.6 Å². The first-order valence-corrected chi connectivity index (χ1v) is 5.72. The highest BCUT2D eigenvalue weighted by molar-refractivity contribution is 5.76. The van der Waals surface area contributed by atoms with Gasteiger partial charge in [-0.05, 0) is 31.7 Å². The molecule has 0 aliphatic heterocycles. The number of rotatable bonds is 5. The van der Waals surface area contributed by atoms with Crippen molar-refractivity contribution in [3.8, 4) is 0 Å². The summed E-state index contributed by atoms with van der Waals surface area (Å²) in [5, 5.41) is 2.94. The lowest BCUT2D eigenvalue weighted by Crippen LogP contribution is -2.31. The van der Waals surface area contributed by atoms with Crippen molar-refractivity contribution in [1.29, 1.82) is 0 Å². The molecule has 0 spiro atoms. The van der Waals surface area contributed by atoms with E-state index < -0.39 is 0 Å². The van der Waals surface area contributed by atoms with E-state index in [-0.39, 0.29) is 17.8 Å². The van der Waals surface area contributed by atoms with E-state index in [1.807, 2.05) is 14.0 Å². The minimum Gasteiger partial charge on any atom is -0.339 e. The van der Waals surface area contributed by atoms with Crippen molar-refractivity contribution < 1.29 is 9.18 Å². The van der Waals surface area contributed by atoms with Crippen molar-refractivity contribution in [2.45, 2.75) is 19.4 Å². The lowest BCUT2D eigenvalue weighted by molar-refractivity contribution is -0.131. The molecule has 0 heterocycles. The Labute approximate surface area is 102 Å². The van der Waals surface area contributed by atoms with Crippen LogP contribution in [0.5, 0.6) is 0 Å². The molecule has 1 aromatic rings. The molecule has 0 saturated heterocycles. The highest BCUT2D eigenvalue weighted by atomic mass is 19.1. The summed E-state index contributed by atoms with van der Waals surface area (Å²) in [6.07, 6.45) is 0.471. The molecule has 1 aromatic carbocycles. The van der Waals surface area contributed by atoms with Crippen LogP contribution in [0.3, 0.4) is 0 Å². The van der Waals surface area contributed by atoms with Gasteiger partial charge in [-0.25, -0.2) is 4.39 Å². The first-order chi connectivity index (χ1) is 8.06. The zero-order valence-corrected chi connectivity index (χ0v) is 10.5. The Morgan fingerprint density at radius 3 is 2.53 bits per heavy atom. The third-order valence-electron chi connectivity index (χ3n) is 2.92. The number of carbonyl (C=O) groups excluding carboxylic acids is 1. The fourth-order valence-corrected chi connectivity index (χ4v) is 1.59. The Hall–Kier alpha value is -1.42. The van der Waals surface area contributed by atoms with Gasteiger partial charge in [0.2, 0.25) is 5.91 Å². The molecule has 94 valence electrons. The molecule has 17 heavy (non-hydrogen) atoms. The molecule has 0 radical (unpaired) electrons. The summed E-state index contributed by atoms with van der Waals surface area (Å²) >= 11 is 0. The van der Waals surface area contributed by atoms with Gasteiger partial charge in [0.05, 0.1) is 6.04 Å². The first-order valence-electron chi connectivity index (χ1n) is 5.72. The fourth-order valence-electron chi connectivity index (χ4n) is 1.59. The molecule has 0 fully saturated rings. The summed E-state index contributed by atoms with van der Waals surface area (Å²) < 4.78 is 12.8. The van der Waals surface area contributed by atoms with Gasteiger partial charge >= 0.3 is 0 Å². The zero-order chi connectivity index (χ0) is 12.8. The molecule has 0 aromatic heterocycles. The van der Waals surface area contributed by atoms with Gasteiger partial charge in [0.1, 0.15) is 5.82 Å². The number of hydrogen-bond acceptors (Lipinski definition) is 2. The Morgan fingerprint density at radius 2 is 2.00 bits per heavy atom. The van der Waals surface area contributed by atoms with E-state index in [4.69, 9.17) is 0 Å². The predicted molar refractivity (Wildman–Crippen MR) is 66.1 cm³/mol. The van der Waals surface area contributed by atoms with Gasteiger partial charge in [0.15, 0.2) is 0 Å². The lowest BCUT2D eigenvalue weighted by atomic mass is 10.1. The van der Waals surface area contributed by atoms with Crippen LogP contribution in [0.25, 0.3) is 0 Å². The molecule has 4 heteroatoms. The molecule has 0 aliphatic rings. The quantitative estimate of drug-likeness (QED) is 0.850. The molecule has 1 unspecified atom stereocenters. The zero-order valence-electron chi connectivity index (χ0n) is 10.5. The molecule has 0 aliphatic carbocycles. The van der Waals surface area contributed by atoms with E-state index in [9.17, 15) is 9.18 Å². The van der Waals surface area contributed by atoms with Crippen LogP contribution in [0.15, 0.2) is 24.3 Å². The maximum Gasteiger partial charge on any atom is 0.224 e. The Bertz CT molecular complexity index is 364. The molecule has 1 amide bonds. The van der Waals surface area contributed by atoms with Crippen LogP contribution in [-0.2, 0) is 4.79 Å². The number of benzene rings is 1. The predicted octanol–water partition coefficient (Wildman–Crippen LogP) is 1.95. The maximum absolute atomic E-state index is 12.8. The number of carbonyl (C=O) groups is 1. The second-order valence-corrected chi connectivity index (χ2v) is 4.09. The van der Waals surface area contributed by atoms with Gasteiger partial charge < -0.3 is 10.2 Å². The van der Waals surface area contributed by atoms with Gasteiger partial charge in [-0.3, -0.25) is 4.79 Å². The van der Waals surface area contributed by atoms with Gasteiger partial charge in [0, 0.05) is 20.0 Å². The average Bonchev–Trinajstić information content (AvgIpc) is 2.35. The molecule has 0 bridgehead atoms. The normalized spacial score (nSPS) is 12.2. The van der Waals surface area contributed by atoms with E-state index in [0.29, 0.717) is 13.0 Å². The molecule has 1 N–H and O–H groups in total. The van der Waals surface area contributed by atoms with E-state index in [1.165, 1.54) is 12.1 Å². The summed E-state index contributed by atoms with van der Waals surface area (Å²) in [7, 11) is 3.59. The molecule has 3 nitrogen and oxygen atoms in total. The number of amides is 1. The lowest BCUT2D eigenvalue weighted by Gasteiger charge is -2.25. The number of hydrogen-bond donors (Lipinski definition) is 1. The van der Waals surface area contributed by atoms with E-state index >= 15 is 0 Å². The second-order valence-electron chi connectivity index (χ2n) is 4.09. The maximum atomic E-state index is 12.8. The van der Waals surface area contributed by atoms with Crippen LogP contribution in [0.2, 0.25) is 0 Å². The topological polar surface area (TPSA) is 32.3 Å². The Balaban J connectivity index is 2.65. The Kier molecular flexibility index (Phi) is 5.10. The minimum atomic E-state index is -0.259. The molecular weight excluding hydrogens is 219 g/mol. The average molecular weight is 238 g/mol. The van der Waals surface area contributed by atoms with Crippen LogP contribution in [0, 0.1) is 5.82 Å². The SMILES string of the molecule is CNCCC(=O)N(C)C(C)c1ccc(F)cc1. The summed E-state index contributed by atoms with van der Waals surface area (Å²) in [5.74, 6) is -0.179. The smallest absolute Gasteiger partial charge is 0.224 e. The minimum absolute atomic E-state index is 0.0417. The summed E-state index contributed by atoms with van der Waals surface area (Å²) in [4.78, 5) is 13.5. The highest BCUT2D eigenvalue weighted by Crippen LogP contribution is 2.19. The van der Waals surface area contributed by atoms with Crippen molar-refractivity contribution in [2.24, 2.45) is 0 Å². The summed E-state index contributed by atoms with van der Waals surface area (Å²) in [6.45, 7) is 2.60. The van der Waals surface area contributed by atoms with Crippen LogP contribution < -0.4 is 5.32 Å². The van der Waals surface area contributed by atoms with Crippen molar-refractivity contribution in [2.75, 3.05) is 20.6 Å². The number of nitrogens with one attached hydrogen (secondary N) is 1. The summed E-state index contributed by atoms with van der Waals surface area (Å²) in [6, 6.07) is 6.21. The van der Waals surface area contributed by atoms with E-state index in [0.717, 1.165) is 5.56 Å². The van der Waals surface area contributed by atoms with E-state index in [1.54, 1.807) is 24.1 Å². The molecular formula is C13H19FN2O. The van der Waals surface area contributed by atoms with Gasteiger partial charge in [-0.1, -0.05) is 12.1 Å². The monoisotopic (exact) mass is 238 g/mol. The van der Waals surface area contributed by atoms with Crippen LogP contribution >= 0.6 is 0 Å². The molecule has 1 rings (SSSR count). The van der Waals surface area contributed by atoms with E-state index in [2.05, 4.69) is 5.32 Å². The van der Waals surface area contributed by atoms with Crippen molar-refractivity contribution in [3.63, 3.8) is 0 Å². The second kappa shape index (κ2) is 6.35. The number of halogens is 1. The molecule has 1 atom stereocenters. The van der Waals surface area contributed by atoms with Crippen molar-refractivity contribution >= 4 is 5.91 Å². The fraction of sp³-hybridized carbons (Fsp3) is 0.462. The third-order valence-corrected chi connectivity index (χ3v) is 2.92. The molecule has 0 saturated carbocycles. The first kappa shape index (κ1) is 13.6. The largest absolute Gasteiger partial charge is 0.339 e.